The Hall–Kier alpha value is -0.670. The monoisotopic (exact) mass is 208 g/mol. The molecule has 1 heterocycles. The molecule has 2 nitrogen and oxygen atoms in total. The Bertz CT molecular complexity index is 288. The maximum absolute atomic E-state index is 5.45. The van der Waals surface area contributed by atoms with E-state index in [4.69, 9.17) is 12.2 Å². The highest BCUT2D eigenvalue weighted by Gasteiger charge is 2.20. The van der Waals surface area contributed by atoms with E-state index in [9.17, 15) is 0 Å². The minimum Gasteiger partial charge on any atom is -0.368 e. The Labute approximate surface area is 90.7 Å². The van der Waals surface area contributed by atoms with Crippen molar-refractivity contribution in [3.63, 3.8) is 0 Å². The summed E-state index contributed by atoms with van der Waals surface area (Å²) in [4.78, 5) is 3.48. The van der Waals surface area contributed by atoms with E-state index in [1.165, 1.54) is 5.70 Å². The Morgan fingerprint density at radius 3 is 2.86 bits per heavy atom. The summed E-state index contributed by atoms with van der Waals surface area (Å²) in [5.74, 6) is 0.417. The highest BCUT2D eigenvalue weighted by Crippen LogP contribution is 2.19. The van der Waals surface area contributed by atoms with E-state index in [-0.39, 0.29) is 0 Å². The molecule has 0 radical (unpaired) electrons. The van der Waals surface area contributed by atoms with E-state index in [0.29, 0.717) is 5.92 Å². The highest BCUT2D eigenvalue weighted by atomic mass is 32.1. The smallest absolute Gasteiger partial charge is 0.0514 e. The molecule has 0 aromatic carbocycles. The molecule has 14 heavy (non-hydrogen) atoms. The number of hydrogen-bond acceptors (Lipinski definition) is 3. The van der Waals surface area contributed by atoms with E-state index >= 15 is 0 Å². The van der Waals surface area contributed by atoms with Crippen LogP contribution in [0.25, 0.3) is 0 Å². The predicted molar refractivity (Wildman–Crippen MR) is 63.4 cm³/mol. The molecule has 1 N–H and O–H groups in total. The average molecular weight is 208 g/mol. The van der Waals surface area contributed by atoms with Crippen LogP contribution in [0.2, 0.25) is 0 Å². The maximum Gasteiger partial charge on any atom is 0.0514 e. The normalized spacial score (nSPS) is 27.8. The average Bonchev–Trinajstić information content (AvgIpc) is 2.23. The molecule has 1 aliphatic carbocycles. The second-order valence-corrected chi connectivity index (χ2v) is 4.27. The number of hydrogen-bond donors (Lipinski definition) is 1. The molecule has 1 aliphatic heterocycles. The molecule has 1 fully saturated rings. The van der Waals surface area contributed by atoms with Crippen LogP contribution in [0.1, 0.15) is 6.92 Å². The highest BCUT2D eigenvalue weighted by molar-refractivity contribution is 7.80. The van der Waals surface area contributed by atoms with Crippen molar-refractivity contribution >= 4 is 17.1 Å². The minimum atomic E-state index is 0.417. The van der Waals surface area contributed by atoms with E-state index in [1.807, 2.05) is 0 Å². The fraction of sp³-hybridized carbons (Fsp3) is 0.545. The van der Waals surface area contributed by atoms with Gasteiger partial charge in [-0.1, -0.05) is 31.3 Å². The fourth-order valence-electron chi connectivity index (χ4n) is 1.88. The predicted octanol–water partition coefficient (Wildman–Crippen LogP) is 1.35. The summed E-state index contributed by atoms with van der Waals surface area (Å²) >= 11 is 5.45. The Kier molecular flexibility index (Phi) is 2.99. The van der Waals surface area contributed by atoms with Crippen LogP contribution >= 0.6 is 12.2 Å². The van der Waals surface area contributed by atoms with Crippen LogP contribution < -0.4 is 5.32 Å². The van der Waals surface area contributed by atoms with Crippen molar-refractivity contribution in [2.45, 2.75) is 6.92 Å². The van der Waals surface area contributed by atoms with Crippen LogP contribution in [-0.4, -0.2) is 35.9 Å². The van der Waals surface area contributed by atoms with Gasteiger partial charge in [0.25, 0.3) is 0 Å². The maximum atomic E-state index is 5.45. The molecule has 0 amide bonds. The van der Waals surface area contributed by atoms with Gasteiger partial charge in [-0.25, -0.2) is 0 Å². The van der Waals surface area contributed by atoms with E-state index in [0.717, 1.165) is 31.0 Å². The Balaban J connectivity index is 2.12. The van der Waals surface area contributed by atoms with Crippen LogP contribution in [-0.2, 0) is 0 Å². The lowest BCUT2D eigenvalue weighted by molar-refractivity contribution is 0.311. The van der Waals surface area contributed by atoms with E-state index in [2.05, 4.69) is 35.4 Å². The van der Waals surface area contributed by atoms with Crippen LogP contribution in [0, 0.1) is 5.92 Å². The molecule has 3 heteroatoms. The van der Waals surface area contributed by atoms with Crippen LogP contribution in [0.3, 0.4) is 0 Å². The van der Waals surface area contributed by atoms with Gasteiger partial charge in [-0.2, -0.15) is 0 Å². The first-order chi connectivity index (χ1) is 6.79. The standard InChI is InChI=1S/C11H16N2S/c1-9-3-2-4-10(11(9)14)13-7-5-12-6-8-13/h2-4,9,12H,5-8H2,1H3. The number of allylic oxidation sites excluding steroid dienone is 4. The van der Waals surface area contributed by atoms with Gasteiger partial charge in [-0.3, -0.25) is 0 Å². The second kappa shape index (κ2) is 4.24. The largest absolute Gasteiger partial charge is 0.368 e. The van der Waals surface area contributed by atoms with Gasteiger partial charge < -0.3 is 10.2 Å². The summed E-state index contributed by atoms with van der Waals surface area (Å²) in [7, 11) is 0. The SMILES string of the molecule is CC1C=CC=C(N2CCNCC2)C1=S. The zero-order chi connectivity index (χ0) is 9.97. The first-order valence-electron chi connectivity index (χ1n) is 5.17. The topological polar surface area (TPSA) is 15.3 Å². The van der Waals surface area contributed by atoms with Crippen molar-refractivity contribution in [2.24, 2.45) is 5.92 Å². The van der Waals surface area contributed by atoms with E-state index < -0.39 is 0 Å². The molecule has 0 aromatic heterocycles. The first-order valence-corrected chi connectivity index (χ1v) is 5.58. The molecule has 0 aromatic rings. The molecule has 2 rings (SSSR count). The molecule has 1 unspecified atom stereocenters. The summed E-state index contributed by atoms with van der Waals surface area (Å²) in [6.45, 7) is 6.45. The molecule has 1 saturated heterocycles. The summed E-state index contributed by atoms with van der Waals surface area (Å²) in [5.41, 5.74) is 1.26. The molecule has 76 valence electrons. The molecular weight excluding hydrogens is 192 g/mol. The molecular formula is C11H16N2S. The fourth-order valence-corrected chi connectivity index (χ4v) is 2.16. The van der Waals surface area contributed by atoms with Gasteiger partial charge in [-0.15, -0.1) is 0 Å². The van der Waals surface area contributed by atoms with Crippen LogP contribution in [0.5, 0.6) is 0 Å². The molecule has 0 spiro atoms. The van der Waals surface area contributed by atoms with Crippen molar-refractivity contribution < 1.29 is 0 Å². The quantitative estimate of drug-likeness (QED) is 0.655. The van der Waals surface area contributed by atoms with Crippen LogP contribution in [0.4, 0.5) is 0 Å². The van der Waals surface area contributed by atoms with Gasteiger partial charge in [-0.05, 0) is 6.08 Å². The van der Waals surface area contributed by atoms with Crippen molar-refractivity contribution in [1.29, 1.82) is 0 Å². The lowest BCUT2D eigenvalue weighted by Crippen LogP contribution is -2.44. The lowest BCUT2D eigenvalue weighted by Gasteiger charge is -2.33. The Morgan fingerprint density at radius 1 is 1.43 bits per heavy atom. The minimum absolute atomic E-state index is 0.417. The molecule has 0 saturated carbocycles. The van der Waals surface area contributed by atoms with E-state index in [1.54, 1.807) is 0 Å². The van der Waals surface area contributed by atoms with Crippen molar-refractivity contribution in [1.82, 2.24) is 10.2 Å². The number of nitrogens with zero attached hydrogens (tertiary/aromatic N) is 1. The Morgan fingerprint density at radius 2 is 2.14 bits per heavy atom. The number of piperazine rings is 1. The van der Waals surface area contributed by atoms with Gasteiger partial charge in [0, 0.05) is 37.0 Å². The summed E-state index contributed by atoms with van der Waals surface area (Å²) in [6, 6.07) is 0. The van der Waals surface area contributed by atoms with Crippen molar-refractivity contribution in [3.05, 3.63) is 23.9 Å². The van der Waals surface area contributed by atoms with Gasteiger partial charge in [0.05, 0.1) is 5.70 Å². The first kappa shape index (κ1) is 9.87. The number of rotatable bonds is 1. The van der Waals surface area contributed by atoms with Gasteiger partial charge in [0.1, 0.15) is 0 Å². The summed E-state index contributed by atoms with van der Waals surface area (Å²) < 4.78 is 0. The number of nitrogens with one attached hydrogen (secondary N) is 1. The second-order valence-electron chi connectivity index (χ2n) is 3.83. The number of thiocarbonyl (C=S) groups is 1. The van der Waals surface area contributed by atoms with Crippen LogP contribution in [0.15, 0.2) is 23.9 Å². The third kappa shape index (κ3) is 1.88. The third-order valence-electron chi connectivity index (χ3n) is 2.78. The van der Waals surface area contributed by atoms with Gasteiger partial charge >= 0.3 is 0 Å². The molecule has 2 aliphatic rings. The molecule has 1 atom stereocenters. The van der Waals surface area contributed by atoms with Crippen molar-refractivity contribution in [3.8, 4) is 0 Å². The summed E-state index contributed by atoms with van der Waals surface area (Å²) in [5, 5.41) is 3.35. The van der Waals surface area contributed by atoms with Gasteiger partial charge in [0.2, 0.25) is 0 Å². The van der Waals surface area contributed by atoms with Gasteiger partial charge in [0.15, 0.2) is 0 Å². The zero-order valence-corrected chi connectivity index (χ0v) is 9.31. The lowest BCUT2D eigenvalue weighted by atomic mass is 9.99. The molecule has 0 bridgehead atoms. The zero-order valence-electron chi connectivity index (χ0n) is 8.49. The summed E-state index contributed by atoms with van der Waals surface area (Å²) in [6.07, 6.45) is 6.43. The third-order valence-corrected chi connectivity index (χ3v) is 3.36. The van der Waals surface area contributed by atoms with Crippen molar-refractivity contribution in [2.75, 3.05) is 26.2 Å².